The second-order valence-corrected chi connectivity index (χ2v) is 11.2. The van der Waals surface area contributed by atoms with Gasteiger partial charge in [-0.25, -0.2) is 0 Å². The number of carbonyl (C=O) groups excluding carboxylic acids is 1. The SMILES string of the molecule is CC(=O)N[C@H]1[C@@H](O[Si](C)(C)C(C)(C)C)C=C[C@@H]1O. The maximum Gasteiger partial charge on any atom is 0.217 e. The van der Waals surface area contributed by atoms with E-state index in [-0.39, 0.29) is 23.1 Å². The first-order valence-corrected chi connectivity index (χ1v) is 9.27. The molecule has 0 saturated heterocycles. The second kappa shape index (κ2) is 5.15. The highest BCUT2D eigenvalue weighted by atomic mass is 28.4. The van der Waals surface area contributed by atoms with Crippen molar-refractivity contribution >= 4 is 14.2 Å². The molecule has 0 heterocycles. The fraction of sp³-hybridized carbons (Fsp3) is 0.769. The van der Waals surface area contributed by atoms with Gasteiger partial charge in [-0.15, -0.1) is 0 Å². The van der Waals surface area contributed by atoms with Gasteiger partial charge in [0.2, 0.25) is 5.91 Å². The third-order valence-corrected chi connectivity index (χ3v) is 8.30. The minimum atomic E-state index is -1.91. The van der Waals surface area contributed by atoms with E-state index in [2.05, 4.69) is 39.2 Å². The summed E-state index contributed by atoms with van der Waals surface area (Å²) in [5.74, 6) is -0.147. The molecule has 0 unspecified atom stereocenters. The molecule has 0 saturated carbocycles. The van der Waals surface area contributed by atoms with Crippen molar-refractivity contribution < 1.29 is 14.3 Å². The van der Waals surface area contributed by atoms with E-state index in [0.717, 1.165) is 0 Å². The molecule has 0 bridgehead atoms. The summed E-state index contributed by atoms with van der Waals surface area (Å²) in [6.45, 7) is 12.3. The summed E-state index contributed by atoms with van der Waals surface area (Å²) >= 11 is 0. The Kier molecular flexibility index (Phi) is 4.41. The summed E-state index contributed by atoms with van der Waals surface area (Å²) in [5, 5.41) is 12.7. The van der Waals surface area contributed by atoms with E-state index in [4.69, 9.17) is 4.43 Å². The van der Waals surface area contributed by atoms with Crippen LogP contribution in [-0.4, -0.2) is 37.6 Å². The van der Waals surface area contributed by atoms with Crippen LogP contribution in [0.4, 0.5) is 0 Å². The third kappa shape index (κ3) is 3.43. The number of amides is 1. The van der Waals surface area contributed by atoms with Crippen LogP contribution < -0.4 is 5.32 Å². The smallest absolute Gasteiger partial charge is 0.217 e. The Morgan fingerprint density at radius 2 is 1.89 bits per heavy atom. The van der Waals surface area contributed by atoms with Crippen molar-refractivity contribution in [3.63, 3.8) is 0 Å². The van der Waals surface area contributed by atoms with Crippen molar-refractivity contribution in [2.45, 2.75) is 64.1 Å². The van der Waals surface area contributed by atoms with E-state index in [1.54, 1.807) is 6.08 Å². The lowest BCUT2D eigenvalue weighted by atomic mass is 10.1. The zero-order chi connectivity index (χ0) is 14.1. The lowest BCUT2D eigenvalue weighted by molar-refractivity contribution is -0.120. The first-order valence-electron chi connectivity index (χ1n) is 6.36. The second-order valence-electron chi connectivity index (χ2n) is 6.44. The fourth-order valence-corrected chi connectivity index (χ4v) is 2.95. The van der Waals surface area contributed by atoms with Crippen molar-refractivity contribution in [3.05, 3.63) is 12.2 Å². The number of nitrogens with one attached hydrogen (secondary N) is 1. The number of aliphatic hydroxyl groups is 1. The number of hydrogen-bond acceptors (Lipinski definition) is 3. The Balaban J connectivity index is 2.77. The lowest BCUT2D eigenvalue weighted by Gasteiger charge is -2.39. The van der Waals surface area contributed by atoms with Crippen molar-refractivity contribution in [1.29, 1.82) is 0 Å². The van der Waals surface area contributed by atoms with E-state index in [9.17, 15) is 9.90 Å². The maximum absolute atomic E-state index is 11.2. The van der Waals surface area contributed by atoms with Gasteiger partial charge in [-0.05, 0) is 18.1 Å². The zero-order valence-corrected chi connectivity index (χ0v) is 13.2. The Bertz CT molecular complexity index is 347. The minimum Gasteiger partial charge on any atom is -0.408 e. The summed E-state index contributed by atoms with van der Waals surface area (Å²) in [6, 6.07) is -0.364. The van der Waals surface area contributed by atoms with Crippen molar-refractivity contribution in [3.8, 4) is 0 Å². The molecule has 1 amide bonds. The molecule has 0 radical (unpaired) electrons. The molecule has 1 aliphatic rings. The molecule has 18 heavy (non-hydrogen) atoms. The molecule has 0 aromatic heterocycles. The van der Waals surface area contributed by atoms with Gasteiger partial charge >= 0.3 is 0 Å². The van der Waals surface area contributed by atoms with Gasteiger partial charge in [-0.2, -0.15) is 0 Å². The van der Waals surface area contributed by atoms with E-state index in [1.807, 2.05) is 6.08 Å². The first-order chi connectivity index (χ1) is 8.04. The molecule has 0 aromatic rings. The molecular formula is C13H25NO3Si. The van der Waals surface area contributed by atoms with Crippen LogP contribution in [0.3, 0.4) is 0 Å². The molecule has 5 heteroatoms. The molecule has 0 aliphatic heterocycles. The van der Waals surface area contributed by atoms with Crippen LogP contribution in [0.15, 0.2) is 12.2 Å². The number of aliphatic hydroxyl groups excluding tert-OH is 1. The van der Waals surface area contributed by atoms with Crippen molar-refractivity contribution in [2.75, 3.05) is 0 Å². The summed E-state index contributed by atoms with van der Waals surface area (Å²) < 4.78 is 6.22. The van der Waals surface area contributed by atoms with Gasteiger partial charge in [0.1, 0.15) is 0 Å². The monoisotopic (exact) mass is 271 g/mol. The van der Waals surface area contributed by atoms with Gasteiger partial charge in [-0.1, -0.05) is 32.9 Å². The molecule has 104 valence electrons. The summed E-state index contributed by atoms with van der Waals surface area (Å²) in [7, 11) is -1.91. The molecular weight excluding hydrogens is 246 g/mol. The van der Waals surface area contributed by atoms with Crippen LogP contribution in [-0.2, 0) is 9.22 Å². The molecule has 1 rings (SSSR count). The standard InChI is InChI=1S/C13H25NO3Si/c1-9(15)14-12-10(16)7-8-11(12)17-18(5,6)13(2,3)4/h7-8,10-12,16H,1-6H3,(H,14,15)/t10-,11-,12+/m0/s1. The predicted molar refractivity (Wildman–Crippen MR) is 74.8 cm³/mol. The molecule has 0 spiro atoms. The average molecular weight is 271 g/mol. The summed E-state index contributed by atoms with van der Waals surface area (Å²) in [6.07, 6.45) is 2.65. The van der Waals surface area contributed by atoms with Gasteiger partial charge < -0.3 is 14.8 Å². The fourth-order valence-electron chi connectivity index (χ4n) is 1.69. The summed E-state index contributed by atoms with van der Waals surface area (Å²) in [4.78, 5) is 11.2. The highest BCUT2D eigenvalue weighted by Gasteiger charge is 2.42. The number of hydrogen-bond donors (Lipinski definition) is 2. The quantitative estimate of drug-likeness (QED) is 0.608. The van der Waals surface area contributed by atoms with Crippen LogP contribution in [0.2, 0.25) is 18.1 Å². The van der Waals surface area contributed by atoms with E-state index < -0.39 is 14.4 Å². The van der Waals surface area contributed by atoms with Crippen LogP contribution in [0.25, 0.3) is 0 Å². The lowest BCUT2D eigenvalue weighted by Crippen LogP contribution is -2.52. The van der Waals surface area contributed by atoms with Gasteiger partial charge in [-0.3, -0.25) is 4.79 Å². The maximum atomic E-state index is 11.2. The van der Waals surface area contributed by atoms with Crippen LogP contribution in [0.1, 0.15) is 27.7 Å². The Morgan fingerprint density at radius 3 is 2.33 bits per heavy atom. The predicted octanol–water partition coefficient (Wildman–Crippen LogP) is 1.81. The van der Waals surface area contributed by atoms with E-state index in [0.29, 0.717) is 0 Å². The van der Waals surface area contributed by atoms with Crippen LogP contribution in [0.5, 0.6) is 0 Å². The molecule has 1 aliphatic carbocycles. The third-order valence-electron chi connectivity index (χ3n) is 3.83. The number of rotatable bonds is 3. The Labute approximate surface area is 111 Å². The molecule has 4 nitrogen and oxygen atoms in total. The van der Waals surface area contributed by atoms with Gasteiger partial charge in [0, 0.05) is 6.92 Å². The summed E-state index contributed by atoms with van der Waals surface area (Å²) in [5.41, 5.74) is 0. The van der Waals surface area contributed by atoms with E-state index in [1.165, 1.54) is 6.92 Å². The van der Waals surface area contributed by atoms with Gasteiger partial charge in [0.25, 0.3) is 0 Å². The normalized spacial score (nSPS) is 28.5. The molecule has 0 fully saturated rings. The van der Waals surface area contributed by atoms with Gasteiger partial charge in [0.15, 0.2) is 8.32 Å². The number of carbonyl (C=O) groups is 1. The van der Waals surface area contributed by atoms with Crippen LogP contribution >= 0.6 is 0 Å². The minimum absolute atomic E-state index is 0.106. The van der Waals surface area contributed by atoms with Crippen molar-refractivity contribution in [1.82, 2.24) is 5.32 Å². The zero-order valence-electron chi connectivity index (χ0n) is 12.2. The molecule has 3 atom stereocenters. The largest absolute Gasteiger partial charge is 0.408 e. The Hall–Kier alpha value is -0.653. The van der Waals surface area contributed by atoms with Crippen molar-refractivity contribution in [2.24, 2.45) is 0 Å². The topological polar surface area (TPSA) is 58.6 Å². The van der Waals surface area contributed by atoms with E-state index >= 15 is 0 Å². The molecule has 0 aromatic carbocycles. The first kappa shape index (κ1) is 15.4. The Morgan fingerprint density at radius 1 is 1.33 bits per heavy atom. The van der Waals surface area contributed by atoms with Gasteiger partial charge in [0.05, 0.1) is 18.2 Å². The highest BCUT2D eigenvalue weighted by molar-refractivity contribution is 6.74. The molecule has 2 N–H and O–H groups in total. The average Bonchev–Trinajstić information content (AvgIpc) is 2.46. The van der Waals surface area contributed by atoms with Crippen LogP contribution in [0, 0.1) is 0 Å². The highest BCUT2D eigenvalue weighted by Crippen LogP contribution is 2.38.